The summed E-state index contributed by atoms with van der Waals surface area (Å²) in [4.78, 5) is 11.9. The number of carbonyl (C=O) groups is 1. The number of carbonyl (C=O) groups excluding carboxylic acids is 1. The molecular formula is C13H16N4OS. The van der Waals surface area contributed by atoms with Gasteiger partial charge in [-0.2, -0.15) is 0 Å². The van der Waals surface area contributed by atoms with E-state index in [0.29, 0.717) is 11.6 Å². The maximum absolute atomic E-state index is 11.9. The second-order valence-electron chi connectivity index (χ2n) is 4.45. The predicted octanol–water partition coefficient (Wildman–Crippen LogP) is 2.56. The molecule has 19 heavy (non-hydrogen) atoms. The quantitative estimate of drug-likeness (QED) is 0.841. The number of nitrogen functional groups attached to an aromatic ring is 1. The molecule has 0 saturated heterocycles. The van der Waals surface area contributed by atoms with Crippen molar-refractivity contribution in [2.45, 2.75) is 26.2 Å². The number of nitrogens with zero attached hydrogens (tertiary/aromatic N) is 2. The molecule has 5 nitrogen and oxygen atoms in total. The maximum Gasteiger partial charge on any atom is 0.226 e. The minimum atomic E-state index is -0.0551. The Morgan fingerprint density at radius 3 is 2.63 bits per heavy atom. The lowest BCUT2D eigenvalue weighted by Crippen LogP contribution is -2.14. The van der Waals surface area contributed by atoms with Gasteiger partial charge in [-0.15, -0.1) is 10.2 Å². The molecule has 6 heteroatoms. The molecule has 2 aromatic rings. The van der Waals surface area contributed by atoms with Gasteiger partial charge in [-0.1, -0.05) is 30.4 Å². The maximum atomic E-state index is 11.9. The van der Waals surface area contributed by atoms with Gasteiger partial charge in [0.1, 0.15) is 5.01 Å². The van der Waals surface area contributed by atoms with Gasteiger partial charge in [-0.3, -0.25) is 4.79 Å². The summed E-state index contributed by atoms with van der Waals surface area (Å²) >= 11 is 1.37. The highest BCUT2D eigenvalue weighted by atomic mass is 32.1. The third-order valence-electron chi connectivity index (χ3n) is 2.77. The van der Waals surface area contributed by atoms with Crippen molar-refractivity contribution < 1.29 is 4.79 Å². The Bertz CT molecular complexity index is 564. The molecule has 100 valence electrons. The highest BCUT2D eigenvalue weighted by Crippen LogP contribution is 2.21. The van der Waals surface area contributed by atoms with Crippen LogP contribution in [-0.4, -0.2) is 16.1 Å². The number of anilines is 2. The van der Waals surface area contributed by atoms with Gasteiger partial charge in [0.2, 0.25) is 11.0 Å². The lowest BCUT2D eigenvalue weighted by atomic mass is 9.97. The van der Waals surface area contributed by atoms with Crippen LogP contribution in [0.1, 0.15) is 29.8 Å². The van der Waals surface area contributed by atoms with E-state index in [0.717, 1.165) is 16.3 Å². The number of rotatable bonds is 4. The average Bonchev–Trinajstić information content (AvgIpc) is 2.75. The van der Waals surface area contributed by atoms with E-state index in [4.69, 9.17) is 5.73 Å². The predicted molar refractivity (Wildman–Crippen MR) is 77.2 cm³/mol. The van der Waals surface area contributed by atoms with Gasteiger partial charge in [-0.25, -0.2) is 0 Å². The van der Waals surface area contributed by atoms with Crippen LogP contribution in [0.5, 0.6) is 0 Å². The zero-order valence-electron chi connectivity index (χ0n) is 10.9. The van der Waals surface area contributed by atoms with E-state index >= 15 is 0 Å². The molecular weight excluding hydrogens is 260 g/mol. The van der Waals surface area contributed by atoms with Crippen LogP contribution >= 0.6 is 11.3 Å². The van der Waals surface area contributed by atoms with Crippen molar-refractivity contribution in [3.8, 4) is 0 Å². The van der Waals surface area contributed by atoms with E-state index < -0.39 is 0 Å². The van der Waals surface area contributed by atoms with Gasteiger partial charge in [0.15, 0.2) is 0 Å². The van der Waals surface area contributed by atoms with Crippen LogP contribution in [0.15, 0.2) is 24.3 Å². The van der Waals surface area contributed by atoms with Crippen molar-refractivity contribution in [3.05, 3.63) is 34.8 Å². The fourth-order valence-electron chi connectivity index (χ4n) is 1.74. The Balaban J connectivity index is 1.93. The van der Waals surface area contributed by atoms with Gasteiger partial charge in [-0.05, 0) is 30.5 Å². The van der Waals surface area contributed by atoms with E-state index in [1.807, 2.05) is 38.1 Å². The van der Waals surface area contributed by atoms with E-state index in [2.05, 4.69) is 15.5 Å². The van der Waals surface area contributed by atoms with Crippen molar-refractivity contribution in [2.75, 3.05) is 11.1 Å². The summed E-state index contributed by atoms with van der Waals surface area (Å²) < 4.78 is 0. The van der Waals surface area contributed by atoms with Crippen LogP contribution in [0.4, 0.5) is 10.8 Å². The fraction of sp³-hybridized carbons (Fsp3) is 0.308. The second-order valence-corrected chi connectivity index (χ2v) is 5.63. The molecule has 1 heterocycles. The van der Waals surface area contributed by atoms with Crippen LogP contribution < -0.4 is 11.1 Å². The Kier molecular flexibility index (Phi) is 4.11. The first kappa shape index (κ1) is 13.5. The van der Waals surface area contributed by atoms with Gasteiger partial charge in [0.25, 0.3) is 0 Å². The lowest BCUT2D eigenvalue weighted by Gasteiger charge is -2.11. The number of amides is 1. The molecule has 1 atom stereocenters. The normalized spacial score (nSPS) is 12.1. The molecule has 3 N–H and O–H groups in total. The molecule has 0 bridgehead atoms. The van der Waals surface area contributed by atoms with E-state index in [1.54, 1.807) is 0 Å². The molecule has 0 aliphatic carbocycles. The number of nitrogens with one attached hydrogen (secondary N) is 1. The summed E-state index contributed by atoms with van der Waals surface area (Å²) in [5, 5.41) is 11.9. The number of benzene rings is 1. The average molecular weight is 276 g/mol. The molecule has 1 aromatic heterocycles. The molecule has 2 rings (SSSR count). The summed E-state index contributed by atoms with van der Waals surface area (Å²) in [5.41, 5.74) is 7.46. The third-order valence-corrected chi connectivity index (χ3v) is 3.52. The van der Waals surface area contributed by atoms with Crippen LogP contribution in [0.3, 0.4) is 0 Å². The zero-order chi connectivity index (χ0) is 13.8. The number of hydrogen-bond donors (Lipinski definition) is 2. The number of aryl methyl sites for hydroxylation is 1. The standard InChI is InChI=1S/C13H16N4OS/c1-8(10-3-5-11(14)6-4-10)7-12(18)15-13-17-16-9(2)19-13/h3-6,8H,7,14H2,1-2H3,(H,15,17,18). The Labute approximate surface area is 115 Å². The van der Waals surface area contributed by atoms with E-state index in [1.165, 1.54) is 11.3 Å². The molecule has 1 unspecified atom stereocenters. The summed E-state index contributed by atoms with van der Waals surface area (Å²) in [5.74, 6) is 0.0788. The fourth-order valence-corrected chi connectivity index (χ4v) is 2.35. The molecule has 0 radical (unpaired) electrons. The SMILES string of the molecule is Cc1nnc(NC(=O)CC(C)c2ccc(N)cc2)s1. The number of hydrogen-bond acceptors (Lipinski definition) is 5. The first-order valence-corrected chi connectivity index (χ1v) is 6.81. The molecule has 1 amide bonds. The first-order valence-electron chi connectivity index (χ1n) is 6.00. The highest BCUT2D eigenvalue weighted by Gasteiger charge is 2.12. The Morgan fingerprint density at radius 2 is 2.05 bits per heavy atom. The van der Waals surface area contributed by atoms with Crippen LogP contribution in [0.2, 0.25) is 0 Å². The van der Waals surface area contributed by atoms with Crippen molar-refractivity contribution in [3.63, 3.8) is 0 Å². The minimum Gasteiger partial charge on any atom is -0.399 e. The molecule has 0 saturated carbocycles. The minimum absolute atomic E-state index is 0.0551. The van der Waals surface area contributed by atoms with Crippen LogP contribution in [0.25, 0.3) is 0 Å². The van der Waals surface area contributed by atoms with Crippen molar-refractivity contribution in [2.24, 2.45) is 0 Å². The van der Waals surface area contributed by atoms with Gasteiger partial charge >= 0.3 is 0 Å². The van der Waals surface area contributed by atoms with Crippen LogP contribution in [0, 0.1) is 6.92 Å². The van der Waals surface area contributed by atoms with E-state index in [9.17, 15) is 4.79 Å². The van der Waals surface area contributed by atoms with Crippen molar-refractivity contribution in [1.82, 2.24) is 10.2 Å². The van der Waals surface area contributed by atoms with Gasteiger partial charge in [0, 0.05) is 12.1 Å². The molecule has 1 aromatic carbocycles. The summed E-state index contributed by atoms with van der Waals surface area (Å²) in [6.07, 6.45) is 0.405. The molecule has 0 aliphatic heterocycles. The molecule has 0 fully saturated rings. The smallest absolute Gasteiger partial charge is 0.226 e. The van der Waals surface area contributed by atoms with Crippen molar-refractivity contribution >= 4 is 28.1 Å². The monoisotopic (exact) mass is 276 g/mol. The first-order chi connectivity index (χ1) is 9.04. The van der Waals surface area contributed by atoms with Gasteiger partial charge in [0.05, 0.1) is 0 Å². The summed E-state index contributed by atoms with van der Waals surface area (Å²) in [6.45, 7) is 3.86. The Hall–Kier alpha value is -1.95. The third kappa shape index (κ3) is 3.75. The molecule has 0 aliphatic rings. The van der Waals surface area contributed by atoms with Gasteiger partial charge < -0.3 is 11.1 Å². The lowest BCUT2D eigenvalue weighted by molar-refractivity contribution is -0.116. The van der Waals surface area contributed by atoms with Crippen molar-refractivity contribution in [1.29, 1.82) is 0 Å². The van der Waals surface area contributed by atoms with E-state index in [-0.39, 0.29) is 11.8 Å². The number of nitrogens with two attached hydrogens (primary N) is 1. The second kappa shape index (κ2) is 5.79. The largest absolute Gasteiger partial charge is 0.399 e. The van der Waals surface area contributed by atoms with Crippen LogP contribution in [-0.2, 0) is 4.79 Å². The zero-order valence-corrected chi connectivity index (χ0v) is 11.7. The summed E-state index contributed by atoms with van der Waals surface area (Å²) in [7, 11) is 0. The molecule has 0 spiro atoms. The Morgan fingerprint density at radius 1 is 1.37 bits per heavy atom. The topological polar surface area (TPSA) is 80.9 Å². The highest BCUT2D eigenvalue weighted by molar-refractivity contribution is 7.15. The summed E-state index contributed by atoms with van der Waals surface area (Å²) in [6, 6.07) is 7.58. The number of aromatic nitrogens is 2.